The van der Waals surface area contributed by atoms with Gasteiger partial charge in [0.2, 0.25) is 0 Å². The fourth-order valence-electron chi connectivity index (χ4n) is 5.80. The first-order valence-corrected chi connectivity index (χ1v) is 13.5. The Balaban J connectivity index is 1.70. The molecule has 34 heavy (non-hydrogen) atoms. The maximum Gasteiger partial charge on any atom is -0.0171 e. The summed E-state index contributed by atoms with van der Waals surface area (Å²) in [5.41, 5.74) is 6.15. The summed E-state index contributed by atoms with van der Waals surface area (Å²) >= 11 is 0. The quantitative estimate of drug-likeness (QED) is 0.208. The third kappa shape index (κ3) is 4.31. The Bertz CT molecular complexity index is 1260. The second kappa shape index (κ2) is 9.79. The van der Waals surface area contributed by atoms with Crippen molar-refractivity contribution in [2.75, 3.05) is 0 Å². The molecule has 0 atom stereocenters. The van der Waals surface area contributed by atoms with Gasteiger partial charge in [-0.25, -0.2) is 0 Å². The van der Waals surface area contributed by atoms with E-state index in [4.69, 9.17) is 0 Å². The van der Waals surface area contributed by atoms with Crippen LogP contribution in [-0.4, -0.2) is 0 Å². The van der Waals surface area contributed by atoms with Crippen molar-refractivity contribution in [1.82, 2.24) is 0 Å². The van der Waals surface area contributed by atoms with Crippen LogP contribution in [0.4, 0.5) is 0 Å². The van der Waals surface area contributed by atoms with Gasteiger partial charge in [-0.15, -0.1) is 0 Å². The van der Waals surface area contributed by atoms with Crippen LogP contribution in [0.2, 0.25) is 0 Å². The topological polar surface area (TPSA) is 0 Å². The van der Waals surface area contributed by atoms with Crippen molar-refractivity contribution in [2.24, 2.45) is 0 Å². The first-order valence-electron chi connectivity index (χ1n) is 13.5. The van der Waals surface area contributed by atoms with Gasteiger partial charge in [-0.2, -0.15) is 0 Å². The highest BCUT2D eigenvalue weighted by atomic mass is 14.1. The molecule has 0 saturated carbocycles. The first kappa shape index (κ1) is 22.9. The van der Waals surface area contributed by atoms with E-state index in [0.717, 1.165) is 0 Å². The monoisotopic (exact) mass is 446 g/mol. The lowest BCUT2D eigenvalue weighted by molar-refractivity contribution is 0.864. The Hall–Kier alpha value is -2.86. The number of fused-ring (bicyclic) bond motifs is 4. The molecule has 0 heteroatoms. The van der Waals surface area contributed by atoms with Crippen LogP contribution in [0.15, 0.2) is 60.7 Å². The summed E-state index contributed by atoms with van der Waals surface area (Å²) < 4.78 is 0. The van der Waals surface area contributed by atoms with Gasteiger partial charge >= 0.3 is 0 Å². The Morgan fingerprint density at radius 3 is 0.647 bits per heavy atom. The van der Waals surface area contributed by atoms with Crippen molar-refractivity contribution in [3.05, 3.63) is 82.9 Å². The zero-order chi connectivity index (χ0) is 23.7. The van der Waals surface area contributed by atoms with E-state index in [1.165, 1.54) is 117 Å². The summed E-state index contributed by atoms with van der Waals surface area (Å²) in [4.78, 5) is 0. The Kier molecular flexibility index (Phi) is 6.59. The average Bonchev–Trinajstić information content (AvgIpc) is 2.82. The van der Waals surface area contributed by atoms with Gasteiger partial charge in [-0.3, -0.25) is 0 Å². The molecule has 0 aliphatic carbocycles. The number of hydrogen-bond acceptors (Lipinski definition) is 0. The fraction of sp³-hybridized carbons (Fsp3) is 0.353. The van der Waals surface area contributed by atoms with Gasteiger partial charge in [0.05, 0.1) is 0 Å². The Labute approximate surface area is 205 Å². The number of hydrogen-bond donors (Lipinski definition) is 0. The van der Waals surface area contributed by atoms with Crippen LogP contribution < -0.4 is 0 Å². The summed E-state index contributed by atoms with van der Waals surface area (Å²) in [6, 6.07) is 24.3. The summed E-state index contributed by atoms with van der Waals surface area (Å²) in [6.07, 6.45) is 9.50. The molecule has 0 aliphatic heterocycles. The Morgan fingerprint density at radius 1 is 0.294 bits per heavy atom. The molecular weight excluding hydrogens is 408 g/mol. The summed E-state index contributed by atoms with van der Waals surface area (Å²) in [5, 5.41) is 10.9. The molecule has 5 rings (SSSR count). The lowest BCUT2D eigenvalue weighted by atomic mass is 9.91. The molecule has 174 valence electrons. The molecule has 0 heterocycles. The van der Waals surface area contributed by atoms with E-state index in [9.17, 15) is 0 Å². The predicted octanol–water partition coefficient (Wildman–Crippen LogP) is 10.1. The van der Waals surface area contributed by atoms with E-state index in [-0.39, 0.29) is 0 Å². The van der Waals surface area contributed by atoms with Crippen LogP contribution in [0.5, 0.6) is 0 Å². The van der Waals surface area contributed by atoms with Crippen molar-refractivity contribution >= 4 is 43.1 Å². The summed E-state index contributed by atoms with van der Waals surface area (Å²) in [6.45, 7) is 9.14. The summed E-state index contributed by atoms with van der Waals surface area (Å²) in [5.74, 6) is 0. The summed E-state index contributed by atoms with van der Waals surface area (Å²) in [7, 11) is 0. The van der Waals surface area contributed by atoms with Gasteiger partial charge < -0.3 is 0 Å². The van der Waals surface area contributed by atoms with E-state index < -0.39 is 0 Å². The molecule has 5 aromatic rings. The molecule has 5 aromatic carbocycles. The normalized spacial score (nSPS) is 11.9. The van der Waals surface area contributed by atoms with Gasteiger partial charge in [-0.1, -0.05) is 77.6 Å². The van der Waals surface area contributed by atoms with Gasteiger partial charge in [-0.05, 0) is 127 Å². The largest absolute Gasteiger partial charge is 0.0651 e. The molecule has 0 aromatic heterocycles. The second-order valence-corrected chi connectivity index (χ2v) is 10.2. The highest BCUT2D eigenvalue weighted by molar-refractivity contribution is 6.08. The average molecular weight is 447 g/mol. The molecule has 0 aliphatic rings. The van der Waals surface area contributed by atoms with Crippen LogP contribution in [-0.2, 0) is 25.7 Å². The van der Waals surface area contributed by atoms with Crippen LogP contribution in [0.3, 0.4) is 0 Å². The minimum Gasteiger partial charge on any atom is -0.0651 e. The molecule has 0 bridgehead atoms. The lowest BCUT2D eigenvalue weighted by Gasteiger charge is -2.13. The van der Waals surface area contributed by atoms with E-state index in [1.54, 1.807) is 0 Å². The molecule has 0 unspecified atom stereocenters. The SMILES string of the molecule is CCCc1cc2cc3cc4cc5cc(CCC)c(CCC)cc5cc4cc3cc2cc1CCC. The van der Waals surface area contributed by atoms with E-state index in [0.29, 0.717) is 0 Å². The zero-order valence-corrected chi connectivity index (χ0v) is 21.4. The molecular formula is C34H38. The third-order valence-corrected chi connectivity index (χ3v) is 7.42. The molecule has 0 nitrogen and oxygen atoms in total. The van der Waals surface area contributed by atoms with Crippen LogP contribution >= 0.6 is 0 Å². The van der Waals surface area contributed by atoms with Gasteiger partial charge in [0, 0.05) is 0 Å². The standard InChI is InChI=1S/C34H38/c1-5-9-23-13-27-17-31-21-33-19-29-15-25(11-7-3)26(12-8-4)16-30(29)20-34(33)22-32(31)18-28(27)14-24(23)10-6-2/h13-22H,5-12H2,1-4H3. The minimum absolute atomic E-state index is 1.17. The number of aryl methyl sites for hydroxylation is 4. The fourth-order valence-corrected chi connectivity index (χ4v) is 5.80. The second-order valence-electron chi connectivity index (χ2n) is 10.2. The lowest BCUT2D eigenvalue weighted by Crippen LogP contribution is -1.95. The highest BCUT2D eigenvalue weighted by Gasteiger charge is 2.09. The van der Waals surface area contributed by atoms with Crippen LogP contribution in [0.25, 0.3) is 43.1 Å². The molecule has 0 N–H and O–H groups in total. The van der Waals surface area contributed by atoms with E-state index in [1.807, 2.05) is 0 Å². The van der Waals surface area contributed by atoms with Gasteiger partial charge in [0.25, 0.3) is 0 Å². The smallest absolute Gasteiger partial charge is 0.0171 e. The van der Waals surface area contributed by atoms with Crippen molar-refractivity contribution in [3.8, 4) is 0 Å². The van der Waals surface area contributed by atoms with Crippen molar-refractivity contribution < 1.29 is 0 Å². The van der Waals surface area contributed by atoms with Crippen LogP contribution in [0, 0.1) is 0 Å². The zero-order valence-electron chi connectivity index (χ0n) is 21.4. The number of benzene rings is 5. The molecule has 0 fully saturated rings. The number of rotatable bonds is 8. The highest BCUT2D eigenvalue weighted by Crippen LogP contribution is 2.33. The predicted molar refractivity (Wildman–Crippen MR) is 152 cm³/mol. The van der Waals surface area contributed by atoms with Crippen LogP contribution in [0.1, 0.15) is 75.6 Å². The maximum atomic E-state index is 2.46. The molecule has 0 radical (unpaired) electrons. The molecule has 0 spiro atoms. The van der Waals surface area contributed by atoms with E-state index in [2.05, 4.69) is 88.4 Å². The van der Waals surface area contributed by atoms with Gasteiger partial charge in [0.1, 0.15) is 0 Å². The van der Waals surface area contributed by atoms with Crippen molar-refractivity contribution in [3.63, 3.8) is 0 Å². The van der Waals surface area contributed by atoms with Crippen molar-refractivity contribution in [2.45, 2.75) is 79.1 Å². The van der Waals surface area contributed by atoms with Gasteiger partial charge in [0.15, 0.2) is 0 Å². The molecule has 0 amide bonds. The maximum absolute atomic E-state index is 2.46. The Morgan fingerprint density at radius 2 is 0.471 bits per heavy atom. The molecule has 0 saturated heterocycles. The minimum atomic E-state index is 1.17. The first-order chi connectivity index (χ1) is 16.6. The van der Waals surface area contributed by atoms with E-state index >= 15 is 0 Å². The van der Waals surface area contributed by atoms with Crippen molar-refractivity contribution in [1.29, 1.82) is 0 Å². The third-order valence-electron chi connectivity index (χ3n) is 7.42.